The van der Waals surface area contributed by atoms with Crippen molar-refractivity contribution in [1.29, 1.82) is 5.41 Å². The summed E-state index contributed by atoms with van der Waals surface area (Å²) in [5.74, 6) is 0.311. The fourth-order valence-corrected chi connectivity index (χ4v) is 6.16. The Balaban J connectivity index is 1.57. The maximum atomic E-state index is 12.3. The zero-order valence-corrected chi connectivity index (χ0v) is 21.8. The predicted molar refractivity (Wildman–Crippen MR) is 145 cm³/mol. The summed E-state index contributed by atoms with van der Waals surface area (Å²) in [4.78, 5) is 26.4. The highest BCUT2D eigenvalue weighted by atomic mass is 16.1. The van der Waals surface area contributed by atoms with Gasteiger partial charge in [0.2, 0.25) is 0 Å². The first-order valence-electron chi connectivity index (χ1n) is 12.9. The van der Waals surface area contributed by atoms with Gasteiger partial charge < -0.3 is 20.4 Å². The Hall–Kier alpha value is -2.95. The third-order valence-corrected chi connectivity index (χ3v) is 8.17. The van der Waals surface area contributed by atoms with E-state index in [-0.39, 0.29) is 17.3 Å². The fourth-order valence-electron chi connectivity index (χ4n) is 6.16. The van der Waals surface area contributed by atoms with Gasteiger partial charge in [-0.1, -0.05) is 37.6 Å². The molecular weight excluding hydrogens is 434 g/mol. The summed E-state index contributed by atoms with van der Waals surface area (Å²) in [6, 6.07) is 12.6. The van der Waals surface area contributed by atoms with Crippen molar-refractivity contribution < 1.29 is 9.59 Å². The molecule has 0 amide bonds. The van der Waals surface area contributed by atoms with E-state index in [2.05, 4.69) is 48.3 Å². The minimum absolute atomic E-state index is 0.0398. The van der Waals surface area contributed by atoms with Crippen LogP contribution in [0.3, 0.4) is 0 Å². The molecule has 2 fully saturated rings. The summed E-state index contributed by atoms with van der Waals surface area (Å²) in [6.45, 7) is 9.83. The topological polar surface area (TPSA) is 73.3 Å². The Labute approximate surface area is 209 Å². The maximum Gasteiger partial charge on any atom is 0.138 e. The van der Waals surface area contributed by atoms with Gasteiger partial charge in [-0.15, -0.1) is 0 Å². The first-order chi connectivity index (χ1) is 16.7. The van der Waals surface area contributed by atoms with E-state index in [9.17, 15) is 9.59 Å². The largest absolute Gasteiger partial charge is 0.387 e. The Morgan fingerprint density at radius 3 is 2.43 bits per heavy atom. The summed E-state index contributed by atoms with van der Waals surface area (Å²) in [6.07, 6.45) is 4.76. The quantitative estimate of drug-likeness (QED) is 0.399. The minimum atomic E-state index is -0.581. The van der Waals surface area contributed by atoms with E-state index < -0.39 is 5.92 Å². The lowest BCUT2D eigenvalue weighted by molar-refractivity contribution is -0.119. The zero-order valence-electron chi connectivity index (χ0n) is 21.8. The van der Waals surface area contributed by atoms with Gasteiger partial charge in [0, 0.05) is 48.8 Å². The normalized spacial score (nSPS) is 17.5. The number of carbonyl (C=O) groups excluding carboxylic acids is 2. The number of nitrogens with zero attached hydrogens (tertiary/aromatic N) is 1. The van der Waals surface area contributed by atoms with Crippen LogP contribution in [-0.4, -0.2) is 37.4 Å². The van der Waals surface area contributed by atoms with Crippen molar-refractivity contribution in [3.63, 3.8) is 0 Å². The van der Waals surface area contributed by atoms with Crippen LogP contribution < -0.4 is 10.2 Å². The lowest BCUT2D eigenvalue weighted by atomic mass is 9.57. The Morgan fingerprint density at radius 2 is 1.86 bits per heavy atom. The van der Waals surface area contributed by atoms with Crippen LogP contribution in [0, 0.1) is 29.6 Å². The predicted octanol–water partition coefficient (Wildman–Crippen LogP) is 6.27. The molecule has 0 bridgehead atoms. The molecule has 1 unspecified atom stereocenters. The second-order valence-corrected chi connectivity index (χ2v) is 10.8. The van der Waals surface area contributed by atoms with Gasteiger partial charge in [0.05, 0.1) is 17.3 Å². The molecule has 2 aliphatic rings. The Kier molecular flexibility index (Phi) is 7.16. The molecule has 5 nitrogen and oxygen atoms in total. The van der Waals surface area contributed by atoms with Gasteiger partial charge in [-0.05, 0) is 69.2 Å². The van der Waals surface area contributed by atoms with Gasteiger partial charge in [-0.2, -0.15) is 0 Å². The number of benzene rings is 2. The molecule has 1 atom stereocenters. The molecule has 2 aromatic carbocycles. The second-order valence-electron chi connectivity index (χ2n) is 10.8. The number of ketones is 2. The van der Waals surface area contributed by atoms with Crippen molar-refractivity contribution in [1.82, 2.24) is 0 Å². The molecular formula is C30H39N3O2. The molecule has 0 radical (unpaired) electrons. The average molecular weight is 474 g/mol. The average Bonchev–Trinajstić information content (AvgIpc) is 2.76. The van der Waals surface area contributed by atoms with Crippen LogP contribution in [0.2, 0.25) is 0 Å². The minimum Gasteiger partial charge on any atom is -0.387 e. The first-order valence-corrected chi connectivity index (χ1v) is 12.9. The molecule has 35 heavy (non-hydrogen) atoms. The molecule has 1 aliphatic carbocycles. The van der Waals surface area contributed by atoms with Crippen LogP contribution in [0.1, 0.15) is 64.0 Å². The molecule has 4 rings (SSSR count). The highest BCUT2D eigenvalue weighted by Gasteiger charge is 2.51. The number of hydrogen-bond donors (Lipinski definition) is 2. The smallest absolute Gasteiger partial charge is 0.138 e. The van der Waals surface area contributed by atoms with E-state index in [0.29, 0.717) is 18.3 Å². The molecule has 1 saturated heterocycles. The number of anilines is 2. The SMILES string of the molecule is CCC1CC2(C1)CN(c1ccc(-c3cccc(C(=N)C(CCC(C)=O)C(C)=O)c3NC)c(C)c1)C2. The van der Waals surface area contributed by atoms with E-state index in [0.717, 1.165) is 28.3 Å². The van der Waals surface area contributed by atoms with Crippen molar-refractivity contribution in [3.8, 4) is 11.1 Å². The Bertz CT molecular complexity index is 1140. The third kappa shape index (κ3) is 4.91. The number of rotatable bonds is 10. The molecule has 1 saturated carbocycles. The van der Waals surface area contributed by atoms with Gasteiger partial charge in [-0.3, -0.25) is 4.79 Å². The van der Waals surface area contributed by atoms with Crippen LogP contribution in [0.25, 0.3) is 11.1 Å². The van der Waals surface area contributed by atoms with E-state index in [1.165, 1.54) is 57.5 Å². The van der Waals surface area contributed by atoms with Crippen LogP contribution in [0.15, 0.2) is 36.4 Å². The molecule has 5 heteroatoms. The number of Topliss-reactive ketones (excluding diaryl/α,β-unsaturated/α-hetero) is 2. The molecule has 2 N–H and O–H groups in total. The number of nitrogens with one attached hydrogen (secondary N) is 2. The first kappa shape index (κ1) is 25.2. The van der Waals surface area contributed by atoms with Crippen LogP contribution in [0.5, 0.6) is 0 Å². The summed E-state index contributed by atoms with van der Waals surface area (Å²) in [5, 5.41) is 12.1. The molecule has 1 aliphatic heterocycles. The molecule has 186 valence electrons. The highest BCUT2D eigenvalue weighted by molar-refractivity contribution is 6.15. The maximum absolute atomic E-state index is 12.3. The van der Waals surface area contributed by atoms with Crippen LogP contribution in [-0.2, 0) is 9.59 Å². The van der Waals surface area contributed by atoms with Gasteiger partial charge in [0.1, 0.15) is 11.6 Å². The molecule has 1 heterocycles. The van der Waals surface area contributed by atoms with Crippen molar-refractivity contribution in [2.24, 2.45) is 17.3 Å². The molecule has 2 aromatic rings. The summed E-state index contributed by atoms with van der Waals surface area (Å²) >= 11 is 0. The van der Waals surface area contributed by atoms with E-state index in [1.54, 1.807) is 0 Å². The Morgan fingerprint density at radius 1 is 1.14 bits per heavy atom. The van der Waals surface area contributed by atoms with E-state index >= 15 is 0 Å². The lowest BCUT2D eigenvalue weighted by Crippen LogP contribution is -2.62. The molecule has 0 aromatic heterocycles. The summed E-state index contributed by atoms with van der Waals surface area (Å²) < 4.78 is 0. The number of carbonyl (C=O) groups is 2. The second kappa shape index (κ2) is 9.96. The van der Waals surface area contributed by atoms with Gasteiger partial charge >= 0.3 is 0 Å². The standard InChI is InChI=1S/C30H39N3O2/c1-6-22-15-30(16-22)17-33(18-30)23-11-13-24(19(2)14-23)26-8-7-9-27(29(26)32-5)28(31)25(21(4)35)12-10-20(3)34/h7-9,11,13-14,22,25,31-32H,6,10,12,15-18H2,1-5H3. The van der Waals surface area contributed by atoms with Gasteiger partial charge in [0.15, 0.2) is 0 Å². The summed E-state index contributed by atoms with van der Waals surface area (Å²) in [7, 11) is 1.86. The highest BCUT2D eigenvalue weighted by Crippen LogP contribution is 2.54. The number of aryl methyl sites for hydroxylation is 1. The van der Waals surface area contributed by atoms with Crippen molar-refractivity contribution >= 4 is 28.7 Å². The zero-order chi connectivity index (χ0) is 25.3. The van der Waals surface area contributed by atoms with E-state index in [4.69, 9.17) is 5.41 Å². The fraction of sp³-hybridized carbons (Fsp3) is 0.500. The number of hydrogen-bond acceptors (Lipinski definition) is 5. The van der Waals surface area contributed by atoms with Gasteiger partial charge in [0.25, 0.3) is 0 Å². The monoisotopic (exact) mass is 473 g/mol. The molecule has 1 spiro atoms. The van der Waals surface area contributed by atoms with Crippen LogP contribution in [0.4, 0.5) is 11.4 Å². The van der Waals surface area contributed by atoms with Crippen LogP contribution >= 0.6 is 0 Å². The summed E-state index contributed by atoms with van der Waals surface area (Å²) in [5.41, 5.74) is 7.05. The van der Waals surface area contributed by atoms with E-state index in [1.807, 2.05) is 19.2 Å². The van der Waals surface area contributed by atoms with Crippen molar-refractivity contribution in [2.45, 2.75) is 59.8 Å². The third-order valence-electron chi connectivity index (χ3n) is 8.17. The van der Waals surface area contributed by atoms with Crippen molar-refractivity contribution in [3.05, 3.63) is 47.5 Å². The number of para-hydroxylation sites is 1. The lowest BCUT2D eigenvalue weighted by Gasteiger charge is -2.60. The van der Waals surface area contributed by atoms with Crippen molar-refractivity contribution in [2.75, 3.05) is 30.4 Å². The van der Waals surface area contributed by atoms with Gasteiger partial charge in [-0.25, -0.2) is 0 Å².